The molecule has 2 amide bonds. The quantitative estimate of drug-likeness (QED) is 0.0541. The fraction of sp³-hybridized carbons (Fsp3) is 0.320. The van der Waals surface area contributed by atoms with Crippen molar-refractivity contribution in [1.82, 2.24) is 24.6 Å². The van der Waals surface area contributed by atoms with Gasteiger partial charge in [-0.05, 0) is 6.92 Å². The van der Waals surface area contributed by atoms with Crippen molar-refractivity contribution in [3.8, 4) is 11.3 Å². The van der Waals surface area contributed by atoms with E-state index in [9.17, 15) is 33.7 Å². The van der Waals surface area contributed by atoms with Crippen molar-refractivity contribution in [2.24, 2.45) is 12.2 Å². The number of carboxylic acid groups (broad SMARTS) is 2. The summed E-state index contributed by atoms with van der Waals surface area (Å²) in [4.78, 5) is 83.0. The van der Waals surface area contributed by atoms with Crippen LogP contribution >= 0.6 is 54.1 Å². The SMILES string of the molecule is CCC(=O)O.CCO/N=C(\C(=O)N[C@@H]1C(=O)N2C(C(=O)O)=C(Sc3nc(-c4cc[n+](C)cc4)cs3)CS[C@H]12)c1nsc(NP(=O)([O-])O)n1.O. The Kier molecular flexibility index (Phi) is 13.8. The smallest absolute Gasteiger partial charge is 0.353 e. The van der Waals surface area contributed by atoms with Crippen LogP contribution in [0.3, 0.4) is 0 Å². The first-order valence-corrected chi connectivity index (χ1v) is 18.7. The van der Waals surface area contributed by atoms with Crippen molar-refractivity contribution in [2.45, 2.75) is 36.0 Å². The molecule has 0 saturated carbocycles. The van der Waals surface area contributed by atoms with E-state index in [1.807, 2.05) is 41.5 Å². The van der Waals surface area contributed by atoms with Gasteiger partial charge in [0.2, 0.25) is 24.4 Å². The number of oxime groups is 1. The molecule has 264 valence electrons. The molecule has 0 aliphatic carbocycles. The van der Waals surface area contributed by atoms with E-state index in [2.05, 4.69) is 24.8 Å². The Morgan fingerprint density at radius 2 is 1.92 bits per heavy atom. The fourth-order valence-corrected chi connectivity index (χ4v) is 8.58. The molecule has 19 nitrogen and oxygen atoms in total. The number of aliphatic carboxylic acids is 2. The highest BCUT2D eigenvalue weighted by atomic mass is 32.2. The topological polar surface area (TPSA) is 292 Å². The lowest BCUT2D eigenvalue weighted by molar-refractivity contribution is -0.671. The number of nitrogens with zero attached hydrogens (tertiary/aromatic N) is 6. The Balaban J connectivity index is 0.00000101. The molecule has 3 aromatic heterocycles. The summed E-state index contributed by atoms with van der Waals surface area (Å²) in [6.45, 7) is 3.28. The summed E-state index contributed by atoms with van der Waals surface area (Å²) in [6, 6.07) is 2.75. The van der Waals surface area contributed by atoms with Crippen LogP contribution in [0.2, 0.25) is 0 Å². The maximum absolute atomic E-state index is 13.2. The number of hydrogen-bond acceptors (Lipinski definition) is 15. The molecule has 0 bridgehead atoms. The molecule has 2 aliphatic heterocycles. The van der Waals surface area contributed by atoms with Crippen LogP contribution in [0.5, 0.6) is 0 Å². The Labute approximate surface area is 294 Å². The van der Waals surface area contributed by atoms with Gasteiger partial charge < -0.3 is 40.7 Å². The standard InChI is InChI=1S/C22H21N8O8PS4.C3H6O2.H2O/c1-3-38-26-13(16-25-21(43-28-16)27-39(35,36)37)17(31)24-14-18(32)30-15(20(33)34)12(9-40-19(14)30)42-22-23-11(8-41-22)10-4-6-29(2)7-5-10;1-2-3(4)5;/h4-8,14,19H,3,9H2,1-2H3,(H4-,24,25,27,28,31,33,34,35,36,37);2H2,1H3,(H,4,5);1H2/b26-13-;;/t14-,19-;;/m1../s1. The number of aromatic nitrogens is 4. The number of pyridine rings is 1. The summed E-state index contributed by atoms with van der Waals surface area (Å²) in [5, 5.41) is 26.6. The third kappa shape index (κ3) is 10.0. The van der Waals surface area contributed by atoms with Gasteiger partial charge in [-0.15, -0.1) is 23.1 Å². The van der Waals surface area contributed by atoms with Gasteiger partial charge in [0.15, 0.2) is 16.7 Å². The van der Waals surface area contributed by atoms with E-state index >= 15 is 0 Å². The molecular formula is C25H29N8O11PS4. The number of β-lactam (4-membered cyclic amide) rings is 1. The average Bonchev–Trinajstić information content (AvgIpc) is 3.69. The summed E-state index contributed by atoms with van der Waals surface area (Å²) >= 11 is 4.35. The van der Waals surface area contributed by atoms with Crippen molar-refractivity contribution in [2.75, 3.05) is 17.4 Å². The maximum Gasteiger partial charge on any atom is 0.353 e. The minimum Gasteiger partial charge on any atom is -0.762 e. The van der Waals surface area contributed by atoms with Gasteiger partial charge in [0, 0.05) is 51.7 Å². The van der Waals surface area contributed by atoms with E-state index in [-0.39, 0.29) is 40.9 Å². The van der Waals surface area contributed by atoms with E-state index < -0.39 is 48.6 Å². The number of thiazole rings is 1. The fourth-order valence-electron chi connectivity index (χ4n) is 3.89. The van der Waals surface area contributed by atoms with Gasteiger partial charge in [-0.2, -0.15) is 9.36 Å². The Bertz CT molecular complexity index is 1810. The molecule has 0 spiro atoms. The van der Waals surface area contributed by atoms with Crippen molar-refractivity contribution in [3.63, 3.8) is 0 Å². The first-order chi connectivity index (χ1) is 22.7. The van der Waals surface area contributed by atoms with Crippen LogP contribution in [-0.2, 0) is 35.6 Å². The van der Waals surface area contributed by atoms with Gasteiger partial charge in [0.05, 0.1) is 5.69 Å². The minimum atomic E-state index is -4.92. The maximum atomic E-state index is 13.2. The number of carboxylic acids is 2. The number of rotatable bonds is 12. The molecule has 49 heavy (non-hydrogen) atoms. The van der Waals surface area contributed by atoms with Crippen LogP contribution in [0.4, 0.5) is 5.13 Å². The summed E-state index contributed by atoms with van der Waals surface area (Å²) in [5.74, 6) is -3.65. The van der Waals surface area contributed by atoms with Crippen molar-refractivity contribution in [3.05, 3.63) is 46.3 Å². The molecule has 0 radical (unpaired) electrons. The summed E-state index contributed by atoms with van der Waals surface area (Å²) in [7, 11) is -3.02. The third-order valence-electron chi connectivity index (χ3n) is 6.07. The average molecular weight is 777 g/mol. The Morgan fingerprint density at radius 3 is 2.51 bits per heavy atom. The number of carbonyl (C=O) groups excluding carboxylic acids is 2. The van der Waals surface area contributed by atoms with Crippen LogP contribution < -0.4 is 19.9 Å². The van der Waals surface area contributed by atoms with E-state index in [1.165, 1.54) is 34.9 Å². The zero-order valence-electron chi connectivity index (χ0n) is 25.6. The van der Waals surface area contributed by atoms with Gasteiger partial charge >= 0.3 is 11.9 Å². The number of aryl methyl sites for hydroxylation is 1. The van der Waals surface area contributed by atoms with E-state index in [0.717, 1.165) is 16.2 Å². The van der Waals surface area contributed by atoms with Gasteiger partial charge in [0.25, 0.3) is 11.8 Å². The number of thioether (sulfide) groups is 2. The van der Waals surface area contributed by atoms with Crippen molar-refractivity contribution >= 4 is 88.7 Å². The molecule has 24 heteroatoms. The van der Waals surface area contributed by atoms with Gasteiger partial charge in [-0.1, -0.05) is 23.8 Å². The zero-order valence-corrected chi connectivity index (χ0v) is 29.8. The zero-order chi connectivity index (χ0) is 35.2. The number of fused-ring (bicyclic) bond motifs is 1. The van der Waals surface area contributed by atoms with Crippen LogP contribution in [0.25, 0.3) is 11.3 Å². The molecular weight excluding hydrogens is 748 g/mol. The van der Waals surface area contributed by atoms with Gasteiger partial charge in [0.1, 0.15) is 30.8 Å². The summed E-state index contributed by atoms with van der Waals surface area (Å²) < 4.78 is 17.5. The molecule has 7 N–H and O–H groups in total. The Morgan fingerprint density at radius 1 is 1.24 bits per heavy atom. The molecule has 1 unspecified atom stereocenters. The first-order valence-electron chi connectivity index (χ1n) is 13.6. The van der Waals surface area contributed by atoms with E-state index in [0.29, 0.717) is 20.8 Å². The number of amides is 2. The van der Waals surface area contributed by atoms with Crippen LogP contribution in [0, 0.1) is 0 Å². The predicted octanol–water partition coefficient (Wildman–Crippen LogP) is 0.244. The number of anilines is 1. The lowest BCUT2D eigenvalue weighted by Gasteiger charge is -2.49. The largest absolute Gasteiger partial charge is 0.762 e. The van der Waals surface area contributed by atoms with E-state index in [1.54, 1.807) is 18.9 Å². The van der Waals surface area contributed by atoms with Crippen molar-refractivity contribution in [1.29, 1.82) is 0 Å². The van der Waals surface area contributed by atoms with Crippen LogP contribution in [0.15, 0.2) is 50.0 Å². The first kappa shape index (κ1) is 39.5. The lowest BCUT2D eigenvalue weighted by Crippen LogP contribution is -2.71. The number of nitrogens with one attached hydrogen (secondary N) is 2. The second kappa shape index (κ2) is 17.1. The van der Waals surface area contributed by atoms with Crippen molar-refractivity contribution < 1.29 is 58.6 Å². The highest BCUT2D eigenvalue weighted by Gasteiger charge is 2.54. The van der Waals surface area contributed by atoms with Crippen LogP contribution in [0.1, 0.15) is 26.1 Å². The molecule has 3 atom stereocenters. The molecule has 5 rings (SSSR count). The molecule has 2 aliphatic rings. The highest BCUT2D eigenvalue weighted by molar-refractivity contribution is 8.07. The normalized spacial score (nSPS) is 18.1. The van der Waals surface area contributed by atoms with Gasteiger partial charge in [-0.3, -0.25) is 23.8 Å². The Hall–Kier alpha value is -3.96. The molecule has 1 fully saturated rings. The third-order valence-corrected chi connectivity index (χ3v) is 10.8. The van der Waals surface area contributed by atoms with E-state index in [4.69, 9.17) is 14.8 Å². The minimum absolute atomic E-state index is 0. The number of carbonyl (C=O) groups is 4. The molecule has 3 aromatic rings. The second-order valence-electron chi connectivity index (χ2n) is 9.45. The van der Waals surface area contributed by atoms with Gasteiger partial charge in [-0.25, -0.2) is 14.3 Å². The second-order valence-corrected chi connectivity index (χ2v) is 14.8. The predicted molar refractivity (Wildman–Crippen MR) is 177 cm³/mol. The highest BCUT2D eigenvalue weighted by Crippen LogP contribution is 2.46. The summed E-state index contributed by atoms with van der Waals surface area (Å²) in [5.41, 5.74) is 1.03. The molecule has 1 saturated heterocycles. The summed E-state index contributed by atoms with van der Waals surface area (Å²) in [6.07, 6.45) is 4.01. The van der Waals surface area contributed by atoms with Crippen LogP contribution in [-0.4, -0.2) is 93.1 Å². The molecule has 5 heterocycles. The monoisotopic (exact) mass is 776 g/mol. The lowest BCUT2D eigenvalue weighted by atomic mass is 10.0. The number of hydrogen-bond donors (Lipinski definition) is 5. The molecule has 0 aromatic carbocycles.